The van der Waals surface area contributed by atoms with Crippen LogP contribution in [0.25, 0.3) is 6.08 Å². The molecule has 3 aromatic rings. The number of aromatic nitrogens is 1. The lowest BCUT2D eigenvalue weighted by molar-refractivity contribution is -0.111. The minimum absolute atomic E-state index is 0.0119. The maximum atomic E-state index is 13.5. The molecule has 2 bridgehead atoms. The predicted octanol–water partition coefficient (Wildman–Crippen LogP) is 5.14. The van der Waals surface area contributed by atoms with Crippen molar-refractivity contribution in [3.63, 3.8) is 0 Å². The highest BCUT2D eigenvalue weighted by molar-refractivity contribution is 6.05. The van der Waals surface area contributed by atoms with Crippen molar-refractivity contribution in [2.24, 2.45) is 5.92 Å². The van der Waals surface area contributed by atoms with Crippen LogP contribution >= 0.6 is 0 Å². The van der Waals surface area contributed by atoms with Gasteiger partial charge in [-0.05, 0) is 74.4 Å². The fourth-order valence-corrected chi connectivity index (χ4v) is 6.61. The van der Waals surface area contributed by atoms with Crippen LogP contribution in [0.1, 0.15) is 60.1 Å². The van der Waals surface area contributed by atoms with E-state index in [2.05, 4.69) is 23.2 Å². The van der Waals surface area contributed by atoms with Crippen molar-refractivity contribution >= 4 is 29.3 Å². The van der Waals surface area contributed by atoms with Gasteiger partial charge in [-0.3, -0.25) is 14.4 Å². The van der Waals surface area contributed by atoms with Gasteiger partial charge in [-0.25, -0.2) is 0 Å². The number of anilines is 2. The van der Waals surface area contributed by atoms with Crippen molar-refractivity contribution in [3.05, 3.63) is 100.0 Å². The lowest BCUT2D eigenvalue weighted by atomic mass is 9.83. The van der Waals surface area contributed by atoms with Crippen LogP contribution in [0.4, 0.5) is 11.4 Å². The molecule has 1 N–H and O–H groups in total. The van der Waals surface area contributed by atoms with Crippen LogP contribution < -0.4 is 15.8 Å². The van der Waals surface area contributed by atoms with Gasteiger partial charge < -0.3 is 19.7 Å². The van der Waals surface area contributed by atoms with E-state index in [4.69, 9.17) is 0 Å². The van der Waals surface area contributed by atoms with E-state index in [1.807, 2.05) is 64.1 Å². The molecule has 7 nitrogen and oxygen atoms in total. The van der Waals surface area contributed by atoms with Crippen molar-refractivity contribution in [2.75, 3.05) is 29.9 Å². The lowest BCUT2D eigenvalue weighted by Crippen LogP contribution is -2.47. The number of pyridine rings is 1. The summed E-state index contributed by atoms with van der Waals surface area (Å²) in [4.78, 5) is 43.4. The third-order valence-electron chi connectivity index (χ3n) is 8.61. The van der Waals surface area contributed by atoms with Gasteiger partial charge in [0.2, 0.25) is 5.91 Å². The molecule has 2 aromatic carbocycles. The van der Waals surface area contributed by atoms with Crippen LogP contribution in [0, 0.1) is 5.92 Å². The summed E-state index contributed by atoms with van der Waals surface area (Å²) in [5.41, 5.74) is 4.23. The molecule has 7 heteroatoms. The second-order valence-electron chi connectivity index (χ2n) is 11.4. The lowest BCUT2D eigenvalue weighted by Gasteiger charge is -2.44. The van der Waals surface area contributed by atoms with Crippen molar-refractivity contribution in [2.45, 2.75) is 51.1 Å². The first kappa shape index (κ1) is 26.1. The molecule has 206 valence electrons. The standard InChI is InChI=1S/C33H36N4O3/c1-23-8-5-6-17-36(23)33(40)26-14-15-30(28(19-26)34-31(38)16-13-24-9-3-2-4-10-24)35-20-25-18-27(22-35)29-11-7-12-32(39)37(29)21-25/h2-4,7,9-16,19,23,25,27H,5-6,8,17-18,20-22H2,1H3,(H,34,38)/b16-13+/t23-,25-,27+/m1/s1. The Labute approximate surface area is 235 Å². The highest BCUT2D eigenvalue weighted by Crippen LogP contribution is 2.39. The molecule has 6 rings (SSSR count). The number of rotatable bonds is 5. The molecule has 0 aliphatic carbocycles. The quantitative estimate of drug-likeness (QED) is 0.459. The average Bonchev–Trinajstić information content (AvgIpc) is 2.97. The molecule has 0 unspecified atom stereocenters. The molecule has 0 saturated carbocycles. The second kappa shape index (κ2) is 11.2. The molecule has 40 heavy (non-hydrogen) atoms. The maximum Gasteiger partial charge on any atom is 0.254 e. The third-order valence-corrected chi connectivity index (χ3v) is 8.61. The summed E-state index contributed by atoms with van der Waals surface area (Å²) in [5, 5.41) is 3.09. The summed E-state index contributed by atoms with van der Waals surface area (Å²) < 4.78 is 1.93. The summed E-state index contributed by atoms with van der Waals surface area (Å²) in [6.45, 7) is 5.11. The number of amides is 2. The zero-order chi connectivity index (χ0) is 27.6. The van der Waals surface area contributed by atoms with E-state index >= 15 is 0 Å². The summed E-state index contributed by atoms with van der Waals surface area (Å²) in [7, 11) is 0. The van der Waals surface area contributed by atoms with E-state index < -0.39 is 0 Å². The monoisotopic (exact) mass is 536 g/mol. The minimum atomic E-state index is -0.241. The molecule has 0 radical (unpaired) electrons. The van der Waals surface area contributed by atoms with E-state index in [9.17, 15) is 14.4 Å². The normalized spacial score (nSPS) is 22.2. The predicted molar refractivity (Wildman–Crippen MR) is 159 cm³/mol. The molecule has 3 atom stereocenters. The smallest absolute Gasteiger partial charge is 0.254 e. The van der Waals surface area contributed by atoms with Gasteiger partial charge in [0.25, 0.3) is 11.5 Å². The fourth-order valence-electron chi connectivity index (χ4n) is 6.61. The SMILES string of the molecule is C[C@@H]1CCCCN1C(=O)c1ccc(N2C[C@H]3C[C@@H](C2)c2cccc(=O)n2C3)c(NC(=O)/C=C/c2ccccc2)c1. The van der Waals surface area contributed by atoms with Crippen molar-refractivity contribution in [3.8, 4) is 0 Å². The molecule has 2 amide bonds. The number of hydrogen-bond acceptors (Lipinski definition) is 4. The first-order chi connectivity index (χ1) is 19.5. The first-order valence-electron chi connectivity index (χ1n) is 14.4. The van der Waals surface area contributed by atoms with Gasteiger partial charge in [-0.15, -0.1) is 0 Å². The molecule has 1 aromatic heterocycles. The molecular formula is C33H36N4O3. The Balaban J connectivity index is 1.31. The first-order valence-corrected chi connectivity index (χ1v) is 14.4. The van der Waals surface area contributed by atoms with Crippen LogP contribution in [0.2, 0.25) is 0 Å². The number of hydrogen-bond donors (Lipinski definition) is 1. The molecule has 3 aliphatic rings. The zero-order valence-electron chi connectivity index (χ0n) is 23.0. The van der Waals surface area contributed by atoms with E-state index in [1.165, 1.54) is 6.08 Å². The zero-order valence-corrected chi connectivity index (χ0v) is 23.0. The second-order valence-corrected chi connectivity index (χ2v) is 11.4. The van der Waals surface area contributed by atoms with Gasteiger partial charge >= 0.3 is 0 Å². The van der Waals surface area contributed by atoms with E-state index in [0.29, 0.717) is 23.7 Å². The Bertz CT molecular complexity index is 1500. The number of nitrogens with one attached hydrogen (secondary N) is 1. The Morgan fingerprint density at radius 2 is 1.80 bits per heavy atom. The highest BCUT2D eigenvalue weighted by Gasteiger charge is 2.35. The van der Waals surface area contributed by atoms with Crippen molar-refractivity contribution in [1.29, 1.82) is 0 Å². The van der Waals surface area contributed by atoms with E-state index in [0.717, 1.165) is 62.3 Å². The molecular weight excluding hydrogens is 500 g/mol. The number of carbonyl (C=O) groups is 2. The number of nitrogens with zero attached hydrogens (tertiary/aromatic N) is 3. The Kier molecular flexibility index (Phi) is 7.29. The van der Waals surface area contributed by atoms with Crippen LogP contribution in [0.15, 0.2) is 77.6 Å². The van der Waals surface area contributed by atoms with E-state index in [-0.39, 0.29) is 29.3 Å². The Hall–Kier alpha value is -4.13. The number of fused-ring (bicyclic) bond motifs is 4. The average molecular weight is 537 g/mol. The number of piperidine rings is 2. The largest absolute Gasteiger partial charge is 0.369 e. The third kappa shape index (κ3) is 5.33. The highest BCUT2D eigenvalue weighted by atomic mass is 16.2. The van der Waals surface area contributed by atoms with Crippen LogP contribution in [0.5, 0.6) is 0 Å². The van der Waals surface area contributed by atoms with Gasteiger partial charge in [0.1, 0.15) is 0 Å². The Morgan fingerprint density at radius 1 is 0.950 bits per heavy atom. The summed E-state index contributed by atoms with van der Waals surface area (Å²) in [6.07, 6.45) is 7.55. The van der Waals surface area contributed by atoms with Gasteiger partial charge in [0.15, 0.2) is 0 Å². The van der Waals surface area contributed by atoms with Gasteiger partial charge in [-0.1, -0.05) is 36.4 Å². The van der Waals surface area contributed by atoms with Crippen molar-refractivity contribution in [1.82, 2.24) is 9.47 Å². The van der Waals surface area contributed by atoms with Gasteiger partial charge in [-0.2, -0.15) is 0 Å². The minimum Gasteiger partial charge on any atom is -0.369 e. The van der Waals surface area contributed by atoms with Crippen LogP contribution in [0.3, 0.4) is 0 Å². The Morgan fingerprint density at radius 3 is 2.62 bits per heavy atom. The topological polar surface area (TPSA) is 74.7 Å². The number of likely N-dealkylation sites (tertiary alicyclic amines) is 1. The van der Waals surface area contributed by atoms with Gasteiger partial charge in [0.05, 0.1) is 11.4 Å². The molecule has 3 aliphatic heterocycles. The molecule has 2 saturated heterocycles. The molecule has 2 fully saturated rings. The van der Waals surface area contributed by atoms with Crippen LogP contribution in [-0.2, 0) is 11.3 Å². The van der Waals surface area contributed by atoms with Gasteiger partial charge in [0, 0.05) is 61.5 Å². The number of carbonyl (C=O) groups excluding carboxylic acids is 2. The summed E-state index contributed by atoms with van der Waals surface area (Å²) in [6, 6.07) is 21.2. The molecule has 4 heterocycles. The maximum absolute atomic E-state index is 13.5. The molecule has 0 spiro atoms. The number of benzene rings is 2. The fraction of sp³-hybridized carbons (Fsp3) is 0.364. The summed E-state index contributed by atoms with van der Waals surface area (Å²) in [5.74, 6) is 0.342. The van der Waals surface area contributed by atoms with Crippen molar-refractivity contribution < 1.29 is 9.59 Å². The van der Waals surface area contributed by atoms with Crippen LogP contribution in [-0.4, -0.2) is 47.0 Å². The van der Waals surface area contributed by atoms with E-state index in [1.54, 1.807) is 12.1 Å². The summed E-state index contributed by atoms with van der Waals surface area (Å²) >= 11 is 0.